The van der Waals surface area contributed by atoms with Gasteiger partial charge in [0.15, 0.2) is 0 Å². The van der Waals surface area contributed by atoms with Crippen LogP contribution >= 0.6 is 22.9 Å². The number of anilines is 1. The maximum absolute atomic E-state index is 13.1. The molecule has 4 aromatic rings. The zero-order valence-corrected chi connectivity index (χ0v) is 16.8. The molecule has 8 heteroatoms. The van der Waals surface area contributed by atoms with Crippen molar-refractivity contribution < 1.29 is 4.79 Å². The Morgan fingerprint density at radius 3 is 2.89 bits per heavy atom. The second kappa shape index (κ2) is 7.33. The second-order valence-electron chi connectivity index (χ2n) is 6.42. The Balaban J connectivity index is 1.75. The van der Waals surface area contributed by atoms with Crippen molar-refractivity contribution in [3.63, 3.8) is 0 Å². The van der Waals surface area contributed by atoms with Crippen molar-refractivity contribution in [2.45, 2.75) is 26.3 Å². The maximum Gasteiger partial charge on any atom is 0.272 e. The maximum atomic E-state index is 13.1. The lowest BCUT2D eigenvalue weighted by molar-refractivity contribution is -0.119. The van der Waals surface area contributed by atoms with Crippen molar-refractivity contribution in [1.29, 1.82) is 0 Å². The summed E-state index contributed by atoms with van der Waals surface area (Å²) < 4.78 is 1.90. The van der Waals surface area contributed by atoms with Crippen molar-refractivity contribution in [2.75, 3.05) is 5.32 Å². The molecule has 0 aliphatic rings. The summed E-state index contributed by atoms with van der Waals surface area (Å²) in [6.45, 7) is 3.70. The van der Waals surface area contributed by atoms with Gasteiger partial charge in [0, 0.05) is 22.3 Å². The summed E-state index contributed by atoms with van der Waals surface area (Å²) in [4.78, 5) is 35.5. The van der Waals surface area contributed by atoms with Crippen LogP contribution in [0.25, 0.3) is 20.4 Å². The number of aromatic nitrogens is 3. The number of thiophene rings is 1. The lowest BCUT2D eigenvalue weighted by atomic mass is 10.1. The van der Waals surface area contributed by atoms with Crippen LogP contribution < -0.4 is 10.9 Å². The topological polar surface area (TPSA) is 76.9 Å². The third-order valence-corrected chi connectivity index (χ3v) is 6.23. The van der Waals surface area contributed by atoms with Gasteiger partial charge in [0.2, 0.25) is 5.91 Å². The number of carbonyl (C=O) groups excluding carboxylic acids is 1. The summed E-state index contributed by atoms with van der Waals surface area (Å²) in [5, 5.41) is 4.30. The van der Waals surface area contributed by atoms with E-state index in [2.05, 4.69) is 15.3 Å². The first-order valence-corrected chi connectivity index (χ1v) is 10.0. The molecule has 3 aromatic heterocycles. The fourth-order valence-electron chi connectivity index (χ4n) is 3.17. The first-order valence-electron chi connectivity index (χ1n) is 8.81. The van der Waals surface area contributed by atoms with Crippen LogP contribution in [0.4, 0.5) is 5.69 Å². The predicted molar refractivity (Wildman–Crippen MR) is 113 cm³/mol. The van der Waals surface area contributed by atoms with Gasteiger partial charge in [0.25, 0.3) is 5.56 Å². The molecular weight excluding hydrogens is 396 g/mol. The van der Waals surface area contributed by atoms with Crippen molar-refractivity contribution in [1.82, 2.24) is 14.5 Å². The van der Waals surface area contributed by atoms with Gasteiger partial charge in [0.1, 0.15) is 15.6 Å². The molecule has 0 aliphatic carbocycles. The van der Waals surface area contributed by atoms with Crippen LogP contribution in [0.3, 0.4) is 0 Å². The minimum Gasteiger partial charge on any atom is -0.324 e. The Labute approximate surface area is 169 Å². The summed E-state index contributed by atoms with van der Waals surface area (Å²) in [6, 6.07) is 8.35. The molecule has 0 saturated heterocycles. The summed E-state index contributed by atoms with van der Waals surface area (Å²) in [5.41, 5.74) is 1.79. The number of nitrogens with zero attached hydrogens (tertiary/aromatic N) is 3. The van der Waals surface area contributed by atoms with Crippen molar-refractivity contribution in [2.24, 2.45) is 0 Å². The van der Waals surface area contributed by atoms with Crippen LogP contribution in [0.1, 0.15) is 24.9 Å². The monoisotopic (exact) mass is 412 g/mol. The molecule has 0 bridgehead atoms. The van der Waals surface area contributed by atoms with Crippen molar-refractivity contribution in [3.8, 4) is 0 Å². The Bertz CT molecular complexity index is 1260. The summed E-state index contributed by atoms with van der Waals surface area (Å²) in [5.74, 6) is -0.282. The number of carbonyl (C=O) groups is 1. The highest BCUT2D eigenvalue weighted by Crippen LogP contribution is 2.29. The molecule has 6 nitrogen and oxygen atoms in total. The molecule has 0 spiro atoms. The number of benzene rings is 1. The van der Waals surface area contributed by atoms with E-state index < -0.39 is 6.04 Å². The first kappa shape index (κ1) is 18.6. The van der Waals surface area contributed by atoms with Gasteiger partial charge in [-0.15, -0.1) is 11.3 Å². The van der Waals surface area contributed by atoms with Crippen LogP contribution in [0.5, 0.6) is 0 Å². The molecule has 1 atom stereocenters. The van der Waals surface area contributed by atoms with E-state index in [9.17, 15) is 9.59 Å². The molecule has 1 amide bonds. The lowest BCUT2D eigenvalue weighted by Gasteiger charge is -2.18. The molecule has 4 rings (SSSR count). The minimum absolute atomic E-state index is 0.238. The zero-order valence-electron chi connectivity index (χ0n) is 15.3. The third-order valence-electron chi connectivity index (χ3n) is 4.73. The molecular formula is C20H17ClN4O2S. The van der Waals surface area contributed by atoms with Gasteiger partial charge in [-0.3, -0.25) is 14.2 Å². The smallest absolute Gasteiger partial charge is 0.272 e. The Morgan fingerprint density at radius 1 is 1.29 bits per heavy atom. The molecule has 0 radical (unpaired) electrons. The number of nitrogens with one attached hydrogen (secondary N) is 1. The van der Waals surface area contributed by atoms with Crippen LogP contribution in [0.15, 0.2) is 47.7 Å². The molecule has 0 aliphatic heterocycles. The van der Waals surface area contributed by atoms with E-state index in [4.69, 9.17) is 11.6 Å². The highest BCUT2D eigenvalue weighted by Gasteiger charge is 2.23. The summed E-state index contributed by atoms with van der Waals surface area (Å²) >= 11 is 7.43. The van der Waals surface area contributed by atoms with E-state index in [0.29, 0.717) is 27.3 Å². The van der Waals surface area contributed by atoms with E-state index in [1.165, 1.54) is 22.2 Å². The number of halogens is 1. The quantitative estimate of drug-likeness (QED) is 0.533. The largest absolute Gasteiger partial charge is 0.324 e. The van der Waals surface area contributed by atoms with Gasteiger partial charge in [-0.2, -0.15) is 0 Å². The Hall–Kier alpha value is -2.77. The molecule has 1 aromatic carbocycles. The number of hydrogen-bond acceptors (Lipinski definition) is 5. The minimum atomic E-state index is -0.680. The number of rotatable bonds is 4. The van der Waals surface area contributed by atoms with E-state index in [0.717, 1.165) is 15.8 Å². The third kappa shape index (κ3) is 3.06. The van der Waals surface area contributed by atoms with E-state index in [1.54, 1.807) is 24.4 Å². The molecule has 3 heterocycles. The molecule has 0 saturated carbocycles. The molecule has 142 valence electrons. The SMILES string of the molecule is CC[C@@H](C(=O)Nc1cccc(Cl)c1C)n1cnc2c(sc3ncccc32)c1=O. The van der Waals surface area contributed by atoms with Gasteiger partial charge in [0.05, 0.1) is 11.8 Å². The van der Waals surface area contributed by atoms with Gasteiger partial charge in [-0.1, -0.05) is 24.6 Å². The highest BCUT2D eigenvalue weighted by molar-refractivity contribution is 7.25. The fraction of sp³-hybridized carbons (Fsp3) is 0.200. The van der Waals surface area contributed by atoms with Gasteiger partial charge >= 0.3 is 0 Å². The Morgan fingerprint density at radius 2 is 2.11 bits per heavy atom. The van der Waals surface area contributed by atoms with E-state index in [1.807, 2.05) is 26.0 Å². The van der Waals surface area contributed by atoms with Crippen LogP contribution in [0.2, 0.25) is 5.02 Å². The normalized spacial score (nSPS) is 12.4. The average molecular weight is 413 g/mol. The number of hydrogen-bond donors (Lipinski definition) is 1. The van der Waals surface area contributed by atoms with Crippen molar-refractivity contribution >= 4 is 55.0 Å². The van der Waals surface area contributed by atoms with Crippen LogP contribution in [0, 0.1) is 6.92 Å². The number of pyridine rings is 1. The zero-order chi connectivity index (χ0) is 19.8. The van der Waals surface area contributed by atoms with Crippen molar-refractivity contribution in [3.05, 3.63) is 63.8 Å². The van der Waals surface area contributed by atoms with Crippen LogP contribution in [-0.4, -0.2) is 20.4 Å². The predicted octanol–water partition coefficient (Wildman–Crippen LogP) is 4.56. The summed E-state index contributed by atoms with van der Waals surface area (Å²) in [6.07, 6.45) is 3.58. The molecule has 1 N–H and O–H groups in total. The number of amides is 1. The lowest BCUT2D eigenvalue weighted by Crippen LogP contribution is -2.33. The van der Waals surface area contributed by atoms with E-state index >= 15 is 0 Å². The average Bonchev–Trinajstić information content (AvgIpc) is 3.07. The first-order chi connectivity index (χ1) is 13.5. The number of fused-ring (bicyclic) bond motifs is 3. The van der Waals surface area contributed by atoms with Gasteiger partial charge in [-0.25, -0.2) is 9.97 Å². The Kier molecular flexibility index (Phi) is 4.87. The molecule has 0 unspecified atom stereocenters. The molecule has 0 fully saturated rings. The fourth-order valence-corrected chi connectivity index (χ4v) is 4.38. The standard InChI is InChI=1S/C20H17ClN4O2S/c1-3-15(18(26)24-14-8-4-7-13(21)11(14)2)25-10-23-16-12-6-5-9-22-19(12)28-17(16)20(25)27/h4-10,15H,3H2,1-2H3,(H,24,26)/t15-/m0/s1. The van der Waals surface area contributed by atoms with Crippen LogP contribution in [-0.2, 0) is 4.79 Å². The summed E-state index contributed by atoms with van der Waals surface area (Å²) in [7, 11) is 0. The van der Waals surface area contributed by atoms with Gasteiger partial charge in [-0.05, 0) is 43.2 Å². The second-order valence-corrected chi connectivity index (χ2v) is 7.82. The van der Waals surface area contributed by atoms with E-state index in [-0.39, 0.29) is 11.5 Å². The highest BCUT2D eigenvalue weighted by atomic mass is 35.5. The van der Waals surface area contributed by atoms with Gasteiger partial charge < -0.3 is 5.32 Å². The molecule has 28 heavy (non-hydrogen) atoms.